The minimum atomic E-state index is -4.19. The molecule has 9 heteroatoms. The number of halogens is 3. The Bertz CT molecular complexity index is 692. The average molecular weight is 383 g/mol. The third-order valence-electron chi connectivity index (χ3n) is 2.80. The van der Waals surface area contributed by atoms with Gasteiger partial charge in [0.1, 0.15) is 5.69 Å². The van der Waals surface area contributed by atoms with Crippen LogP contribution in [0.15, 0.2) is 36.9 Å². The largest absolute Gasteiger partial charge is 0.389 e. The first kappa shape index (κ1) is 22.5. The normalized spacial score (nSPS) is 11.4. The van der Waals surface area contributed by atoms with Gasteiger partial charge in [-0.25, -0.2) is 4.98 Å². The van der Waals surface area contributed by atoms with Crippen LogP contribution < -0.4 is 11.1 Å². The number of carbonyl (C=O) groups excluding carboxylic acids is 1. The van der Waals surface area contributed by atoms with Gasteiger partial charge >= 0.3 is 6.18 Å². The molecule has 0 radical (unpaired) electrons. The first-order valence-corrected chi connectivity index (χ1v) is 8.28. The first-order chi connectivity index (χ1) is 12.4. The Labute approximate surface area is 156 Å². The Morgan fingerprint density at radius 1 is 1.11 bits per heavy atom. The maximum absolute atomic E-state index is 12.1. The van der Waals surface area contributed by atoms with Gasteiger partial charge in [-0.1, -0.05) is 6.07 Å². The zero-order valence-electron chi connectivity index (χ0n) is 15.5. The molecule has 1 amide bonds. The van der Waals surface area contributed by atoms with E-state index < -0.39 is 12.6 Å². The second-order valence-electron chi connectivity index (χ2n) is 6.91. The molecule has 2 aromatic rings. The minimum absolute atomic E-state index is 0. The van der Waals surface area contributed by atoms with Crippen molar-refractivity contribution in [2.45, 2.75) is 51.9 Å². The average Bonchev–Trinajstić information content (AvgIpc) is 2.57. The molecule has 148 valence electrons. The third kappa shape index (κ3) is 11.6. The molecule has 2 heterocycles. The summed E-state index contributed by atoms with van der Waals surface area (Å²) in [5, 5.41) is 2.63. The van der Waals surface area contributed by atoms with Crippen molar-refractivity contribution < 1.29 is 18.0 Å². The van der Waals surface area contributed by atoms with Crippen molar-refractivity contribution >= 4 is 5.91 Å². The summed E-state index contributed by atoms with van der Waals surface area (Å²) in [5.74, 6) is -0.380. The summed E-state index contributed by atoms with van der Waals surface area (Å²) >= 11 is 0. The Kier molecular flexibility index (Phi) is 8.30. The predicted octanol–water partition coefficient (Wildman–Crippen LogP) is 3.04. The maximum atomic E-state index is 12.1. The monoisotopic (exact) mass is 383 g/mol. The van der Waals surface area contributed by atoms with Crippen LogP contribution in [0.4, 0.5) is 13.2 Å². The highest BCUT2D eigenvalue weighted by molar-refractivity contribution is 5.91. The van der Waals surface area contributed by atoms with Crippen molar-refractivity contribution in [2.75, 3.05) is 0 Å². The molecule has 0 unspecified atom stereocenters. The molecule has 6 nitrogen and oxygen atoms in total. The number of amides is 1. The van der Waals surface area contributed by atoms with E-state index in [1.54, 1.807) is 6.07 Å². The summed E-state index contributed by atoms with van der Waals surface area (Å²) < 4.78 is 36.3. The molecule has 0 aromatic carbocycles. The third-order valence-corrected chi connectivity index (χ3v) is 2.80. The smallest absolute Gasteiger partial charge is 0.347 e. The van der Waals surface area contributed by atoms with E-state index in [2.05, 4.69) is 20.3 Å². The van der Waals surface area contributed by atoms with Crippen molar-refractivity contribution in [3.63, 3.8) is 0 Å². The highest BCUT2D eigenvalue weighted by Gasteiger charge is 2.26. The number of aryl methyl sites for hydroxylation is 1. The number of nitrogens with zero attached hydrogens (tertiary/aromatic N) is 3. The number of pyridine rings is 1. The van der Waals surface area contributed by atoms with E-state index in [9.17, 15) is 18.0 Å². The van der Waals surface area contributed by atoms with Crippen LogP contribution >= 0.6 is 0 Å². The van der Waals surface area contributed by atoms with Gasteiger partial charge in [0.15, 0.2) is 0 Å². The fourth-order valence-corrected chi connectivity index (χ4v) is 1.67. The van der Waals surface area contributed by atoms with Crippen LogP contribution in [0.2, 0.25) is 0 Å². The lowest BCUT2D eigenvalue weighted by Gasteiger charge is -2.07. The van der Waals surface area contributed by atoms with Gasteiger partial charge in [-0.05, 0) is 38.8 Å². The molecule has 0 saturated carbocycles. The predicted molar refractivity (Wildman–Crippen MR) is 95.8 cm³/mol. The molecule has 0 aliphatic heterocycles. The van der Waals surface area contributed by atoms with Gasteiger partial charge in [0, 0.05) is 42.8 Å². The number of aromatic nitrogens is 3. The molecule has 0 spiro atoms. The van der Waals surface area contributed by atoms with Crippen molar-refractivity contribution in [3.05, 3.63) is 53.9 Å². The molecule has 0 atom stereocenters. The number of nitrogens with two attached hydrogens (primary N) is 1. The summed E-state index contributed by atoms with van der Waals surface area (Å²) in [6.45, 7) is 6.11. The molecule has 0 aliphatic carbocycles. The van der Waals surface area contributed by atoms with E-state index in [4.69, 9.17) is 5.73 Å². The Morgan fingerprint density at radius 3 is 2.26 bits per heavy atom. The van der Waals surface area contributed by atoms with Crippen LogP contribution in [-0.4, -0.2) is 32.6 Å². The highest BCUT2D eigenvalue weighted by Crippen LogP contribution is 2.21. The van der Waals surface area contributed by atoms with Gasteiger partial charge in [0.05, 0.1) is 6.20 Å². The molecule has 0 aliphatic rings. The molecular weight excluding hydrogens is 359 g/mol. The maximum Gasteiger partial charge on any atom is 0.389 e. The summed E-state index contributed by atoms with van der Waals surface area (Å²) in [6.07, 6.45) is 0.409. The Hall–Kier alpha value is -2.55. The number of carbonyl (C=O) groups is 1. The van der Waals surface area contributed by atoms with E-state index in [1.807, 2.05) is 20.8 Å². The van der Waals surface area contributed by atoms with Crippen LogP contribution in [0.5, 0.6) is 0 Å². The van der Waals surface area contributed by atoms with Crippen molar-refractivity contribution in [1.29, 1.82) is 0 Å². The fraction of sp³-hybridized carbons (Fsp3) is 0.444. The molecular formula is C18H24F3N5O. The molecule has 27 heavy (non-hydrogen) atoms. The number of alkyl halides is 3. The Balaban J connectivity index is 0.000000646. The lowest BCUT2D eigenvalue weighted by Crippen LogP contribution is -2.26. The Morgan fingerprint density at radius 2 is 1.78 bits per heavy atom. The van der Waals surface area contributed by atoms with E-state index in [-0.39, 0.29) is 30.1 Å². The zero-order chi connectivity index (χ0) is 20.5. The summed E-state index contributed by atoms with van der Waals surface area (Å²) in [5.41, 5.74) is 6.60. The van der Waals surface area contributed by atoms with E-state index in [0.717, 1.165) is 0 Å². The van der Waals surface area contributed by atoms with E-state index in [0.29, 0.717) is 11.3 Å². The second kappa shape index (κ2) is 9.96. The van der Waals surface area contributed by atoms with Gasteiger partial charge in [-0.2, -0.15) is 13.2 Å². The topological polar surface area (TPSA) is 93.8 Å². The lowest BCUT2D eigenvalue weighted by atomic mass is 10.1. The fourth-order valence-electron chi connectivity index (χ4n) is 1.67. The lowest BCUT2D eigenvalue weighted by molar-refractivity contribution is -0.134. The first-order valence-electron chi connectivity index (χ1n) is 8.28. The summed E-state index contributed by atoms with van der Waals surface area (Å²) in [6, 6.07) is 3.16. The number of rotatable bonds is 5. The number of hydrogen-bond acceptors (Lipinski definition) is 5. The number of nitrogens with one attached hydrogen (secondary N) is 1. The quantitative estimate of drug-likeness (QED) is 0.828. The van der Waals surface area contributed by atoms with Crippen LogP contribution in [-0.2, 0) is 13.0 Å². The molecule has 3 N–H and O–H groups in total. The highest BCUT2D eigenvalue weighted by atomic mass is 19.4. The van der Waals surface area contributed by atoms with Crippen molar-refractivity contribution in [1.82, 2.24) is 20.3 Å². The van der Waals surface area contributed by atoms with Crippen LogP contribution in [0.25, 0.3) is 0 Å². The van der Waals surface area contributed by atoms with E-state index >= 15 is 0 Å². The van der Waals surface area contributed by atoms with Crippen LogP contribution in [0.3, 0.4) is 0 Å². The van der Waals surface area contributed by atoms with Gasteiger partial charge < -0.3 is 11.1 Å². The minimum Gasteiger partial charge on any atom is -0.347 e. The van der Waals surface area contributed by atoms with Crippen LogP contribution in [0, 0.1) is 0 Å². The molecule has 2 aromatic heterocycles. The van der Waals surface area contributed by atoms with E-state index in [1.165, 1.54) is 30.9 Å². The summed E-state index contributed by atoms with van der Waals surface area (Å²) in [4.78, 5) is 23.3. The second-order valence-corrected chi connectivity index (χ2v) is 6.91. The number of hydrogen-bond donors (Lipinski definition) is 2. The molecule has 0 saturated heterocycles. The van der Waals surface area contributed by atoms with Gasteiger partial charge in [0.25, 0.3) is 5.91 Å². The standard InChI is InChI=1S/C14H13F3N4O.C4H11N/c15-14(16,17)4-3-11-2-1-10(7-20-11)8-21-13(22)12-9-18-5-6-19-12;1-4(2,3)5/h1-2,5-7,9H,3-4,8H2,(H,21,22);5H2,1-3H3. The summed E-state index contributed by atoms with van der Waals surface area (Å²) in [7, 11) is 0. The van der Waals surface area contributed by atoms with Crippen molar-refractivity contribution in [3.8, 4) is 0 Å². The molecule has 0 bridgehead atoms. The molecule has 0 fully saturated rings. The zero-order valence-corrected chi connectivity index (χ0v) is 15.5. The van der Waals surface area contributed by atoms with Gasteiger partial charge in [0.2, 0.25) is 0 Å². The van der Waals surface area contributed by atoms with Crippen molar-refractivity contribution in [2.24, 2.45) is 5.73 Å². The van der Waals surface area contributed by atoms with Gasteiger partial charge in [-0.3, -0.25) is 14.8 Å². The van der Waals surface area contributed by atoms with Gasteiger partial charge in [-0.15, -0.1) is 0 Å². The molecule has 2 rings (SSSR count). The SMILES string of the molecule is CC(C)(C)N.O=C(NCc1ccc(CCC(F)(F)F)nc1)c1cnccn1. The van der Waals surface area contributed by atoms with Crippen LogP contribution in [0.1, 0.15) is 48.9 Å².